The Balaban J connectivity index is 2.08. The molecule has 0 bridgehead atoms. The minimum absolute atomic E-state index is 0.0934. The second-order valence-electron chi connectivity index (χ2n) is 4.22. The largest absolute Gasteiger partial charge is 0.432 e. The summed E-state index contributed by atoms with van der Waals surface area (Å²) in [4.78, 5) is 12.0. The number of carbonyl (C=O) groups is 1. The van der Waals surface area contributed by atoms with E-state index in [0.717, 1.165) is 12.3 Å². The fourth-order valence-corrected chi connectivity index (χ4v) is 3.31. The molecule has 1 aromatic carbocycles. The zero-order valence-corrected chi connectivity index (χ0v) is 13.0. The molecule has 0 aromatic heterocycles. The maximum atomic E-state index is 12.2. The number of halogens is 4. The van der Waals surface area contributed by atoms with Gasteiger partial charge in [-0.15, -0.1) is 0 Å². The lowest BCUT2D eigenvalue weighted by Gasteiger charge is -2.22. The van der Waals surface area contributed by atoms with Crippen molar-refractivity contribution in [1.29, 1.82) is 0 Å². The van der Waals surface area contributed by atoms with Crippen LogP contribution in [0.3, 0.4) is 0 Å². The molecule has 116 valence electrons. The Bertz CT molecular complexity index is 505. The van der Waals surface area contributed by atoms with E-state index in [1.807, 2.05) is 0 Å². The predicted molar refractivity (Wildman–Crippen MR) is 80.8 cm³/mol. The van der Waals surface area contributed by atoms with Crippen molar-refractivity contribution in [2.45, 2.75) is 12.7 Å². The fourth-order valence-electron chi connectivity index (χ4n) is 1.80. The van der Waals surface area contributed by atoms with E-state index in [1.54, 1.807) is 11.8 Å². The standard InChI is InChI=1S/C12H12Cl2F2N2O2S/c13-7-3-6(4-8(14)10(7)20-12(15)16)18-11(19)9-5-21-2-1-17-9/h3-4,9,12,17H,1-2,5H2,(H,18,19). The van der Waals surface area contributed by atoms with Gasteiger partial charge in [0.25, 0.3) is 0 Å². The molecule has 0 aliphatic carbocycles. The molecule has 0 saturated carbocycles. The van der Waals surface area contributed by atoms with Crippen LogP contribution in [0.4, 0.5) is 14.5 Å². The van der Waals surface area contributed by atoms with Gasteiger partial charge in [-0.1, -0.05) is 23.2 Å². The van der Waals surface area contributed by atoms with Gasteiger partial charge in [-0.25, -0.2) is 0 Å². The van der Waals surface area contributed by atoms with Crippen LogP contribution in [0.2, 0.25) is 10.0 Å². The summed E-state index contributed by atoms with van der Waals surface area (Å²) >= 11 is 13.3. The molecular formula is C12H12Cl2F2N2O2S. The molecule has 0 radical (unpaired) electrons. The Morgan fingerprint density at radius 3 is 2.62 bits per heavy atom. The molecule has 2 N–H and O–H groups in total. The predicted octanol–water partition coefficient (Wildman–Crippen LogP) is 3.24. The van der Waals surface area contributed by atoms with E-state index < -0.39 is 6.61 Å². The molecule has 1 unspecified atom stereocenters. The first-order chi connectivity index (χ1) is 9.97. The van der Waals surface area contributed by atoms with Gasteiger partial charge in [-0.05, 0) is 12.1 Å². The Morgan fingerprint density at radius 1 is 1.43 bits per heavy atom. The molecule has 4 nitrogen and oxygen atoms in total. The SMILES string of the molecule is O=C(Nc1cc(Cl)c(OC(F)F)c(Cl)c1)C1CSCCN1. The highest BCUT2D eigenvalue weighted by atomic mass is 35.5. The summed E-state index contributed by atoms with van der Waals surface area (Å²) < 4.78 is 28.7. The number of alkyl halides is 2. The van der Waals surface area contributed by atoms with Crippen LogP contribution in [-0.2, 0) is 4.79 Å². The molecule has 1 saturated heterocycles. The number of nitrogens with one attached hydrogen (secondary N) is 2. The van der Waals surface area contributed by atoms with Crippen molar-refractivity contribution in [3.8, 4) is 5.75 Å². The first-order valence-electron chi connectivity index (χ1n) is 6.03. The number of hydrogen-bond acceptors (Lipinski definition) is 4. The van der Waals surface area contributed by atoms with Crippen LogP contribution in [-0.4, -0.2) is 36.6 Å². The quantitative estimate of drug-likeness (QED) is 0.869. The second kappa shape index (κ2) is 7.49. The maximum Gasteiger partial charge on any atom is 0.387 e. The molecule has 1 amide bonds. The van der Waals surface area contributed by atoms with Crippen molar-refractivity contribution >= 4 is 46.6 Å². The van der Waals surface area contributed by atoms with Crippen molar-refractivity contribution in [3.05, 3.63) is 22.2 Å². The van der Waals surface area contributed by atoms with Crippen molar-refractivity contribution in [3.63, 3.8) is 0 Å². The number of amides is 1. The molecule has 0 spiro atoms. The Labute approximate surface area is 134 Å². The highest BCUT2D eigenvalue weighted by Crippen LogP contribution is 2.37. The minimum Gasteiger partial charge on any atom is -0.432 e. The number of thioether (sulfide) groups is 1. The van der Waals surface area contributed by atoms with Crippen LogP contribution < -0.4 is 15.4 Å². The van der Waals surface area contributed by atoms with E-state index in [9.17, 15) is 13.6 Å². The first-order valence-corrected chi connectivity index (χ1v) is 7.94. The normalized spacial score (nSPS) is 18.6. The van der Waals surface area contributed by atoms with E-state index >= 15 is 0 Å². The summed E-state index contributed by atoms with van der Waals surface area (Å²) in [5.41, 5.74) is 0.328. The molecule has 9 heteroatoms. The average molecular weight is 357 g/mol. The summed E-state index contributed by atoms with van der Waals surface area (Å²) in [6.07, 6.45) is 0. The maximum absolute atomic E-state index is 12.2. The van der Waals surface area contributed by atoms with E-state index in [1.165, 1.54) is 12.1 Å². The third kappa shape index (κ3) is 4.60. The number of rotatable bonds is 4. The van der Waals surface area contributed by atoms with E-state index in [-0.39, 0.29) is 27.7 Å². The number of ether oxygens (including phenoxy) is 1. The third-order valence-electron chi connectivity index (χ3n) is 2.71. The third-order valence-corrected chi connectivity index (χ3v) is 4.33. The van der Waals surface area contributed by atoms with Crippen LogP contribution in [0.15, 0.2) is 12.1 Å². The zero-order chi connectivity index (χ0) is 15.4. The van der Waals surface area contributed by atoms with Crippen molar-refractivity contribution in [2.24, 2.45) is 0 Å². The molecular weight excluding hydrogens is 345 g/mol. The number of hydrogen-bond donors (Lipinski definition) is 2. The fraction of sp³-hybridized carbons (Fsp3) is 0.417. The van der Waals surface area contributed by atoms with Crippen LogP contribution in [0, 0.1) is 0 Å². The van der Waals surface area contributed by atoms with Crippen LogP contribution in [0.5, 0.6) is 5.75 Å². The molecule has 1 heterocycles. The van der Waals surface area contributed by atoms with Crippen molar-refractivity contribution in [1.82, 2.24) is 5.32 Å². The van der Waals surface area contributed by atoms with E-state index in [0.29, 0.717) is 11.4 Å². The lowest BCUT2D eigenvalue weighted by atomic mass is 10.2. The van der Waals surface area contributed by atoms with Gasteiger partial charge in [-0.3, -0.25) is 4.79 Å². The van der Waals surface area contributed by atoms with Gasteiger partial charge in [0, 0.05) is 23.7 Å². The van der Waals surface area contributed by atoms with Gasteiger partial charge in [-0.2, -0.15) is 20.5 Å². The van der Waals surface area contributed by atoms with Gasteiger partial charge >= 0.3 is 6.61 Å². The lowest BCUT2D eigenvalue weighted by molar-refractivity contribution is -0.117. The first kappa shape index (κ1) is 16.6. The molecule has 1 aromatic rings. The van der Waals surface area contributed by atoms with Crippen molar-refractivity contribution < 1.29 is 18.3 Å². The Morgan fingerprint density at radius 2 is 2.10 bits per heavy atom. The van der Waals surface area contributed by atoms with E-state index in [4.69, 9.17) is 23.2 Å². The summed E-state index contributed by atoms with van der Waals surface area (Å²) in [7, 11) is 0. The molecule has 1 aliphatic rings. The van der Waals surface area contributed by atoms with Crippen LogP contribution >= 0.6 is 35.0 Å². The lowest BCUT2D eigenvalue weighted by Crippen LogP contribution is -2.46. The highest BCUT2D eigenvalue weighted by Gasteiger charge is 2.22. The summed E-state index contributed by atoms with van der Waals surface area (Å²) in [5.74, 6) is 1.09. The Kier molecular flexibility index (Phi) is 5.92. The smallest absolute Gasteiger partial charge is 0.387 e. The average Bonchev–Trinajstić information content (AvgIpc) is 2.43. The molecule has 21 heavy (non-hydrogen) atoms. The molecule has 2 rings (SSSR count). The van der Waals surface area contributed by atoms with Gasteiger partial charge in [0.15, 0.2) is 5.75 Å². The molecule has 1 atom stereocenters. The minimum atomic E-state index is -3.02. The van der Waals surface area contributed by atoms with Gasteiger partial charge in [0.2, 0.25) is 5.91 Å². The van der Waals surface area contributed by atoms with Gasteiger partial charge < -0.3 is 15.4 Å². The topological polar surface area (TPSA) is 50.4 Å². The summed E-state index contributed by atoms with van der Waals surface area (Å²) in [5, 5.41) is 5.54. The Hall–Kier alpha value is -0.760. The van der Waals surface area contributed by atoms with Gasteiger partial charge in [0.05, 0.1) is 16.1 Å². The summed E-state index contributed by atoms with van der Waals surface area (Å²) in [6.45, 7) is -2.27. The van der Waals surface area contributed by atoms with Crippen LogP contribution in [0.25, 0.3) is 0 Å². The van der Waals surface area contributed by atoms with Crippen molar-refractivity contribution in [2.75, 3.05) is 23.4 Å². The molecule has 1 aliphatic heterocycles. The highest BCUT2D eigenvalue weighted by molar-refractivity contribution is 7.99. The molecule has 1 fully saturated rings. The zero-order valence-electron chi connectivity index (χ0n) is 10.7. The monoisotopic (exact) mass is 356 g/mol. The second-order valence-corrected chi connectivity index (χ2v) is 6.18. The summed E-state index contributed by atoms with van der Waals surface area (Å²) in [6, 6.07) is 2.33. The number of anilines is 1. The number of carbonyl (C=O) groups excluding carboxylic acids is 1. The number of benzene rings is 1. The van der Waals surface area contributed by atoms with E-state index in [2.05, 4.69) is 15.4 Å². The van der Waals surface area contributed by atoms with Gasteiger partial charge in [0.1, 0.15) is 0 Å². The van der Waals surface area contributed by atoms with Crippen LogP contribution in [0.1, 0.15) is 0 Å².